The molecule has 0 bridgehead atoms. The molecule has 4 heteroatoms. The first kappa shape index (κ1) is 23.1. The molecule has 1 atom stereocenters. The van der Waals surface area contributed by atoms with Crippen LogP contribution in [0.2, 0.25) is 0 Å². The number of hydrogen-bond donors (Lipinski definition) is 0. The lowest BCUT2D eigenvalue weighted by Crippen LogP contribution is -2.30. The predicted octanol–water partition coefficient (Wildman–Crippen LogP) is 5.50. The van der Waals surface area contributed by atoms with Crippen molar-refractivity contribution in [2.24, 2.45) is 0 Å². The van der Waals surface area contributed by atoms with E-state index in [9.17, 15) is 4.79 Å². The number of ether oxygens (including phenoxy) is 2. The van der Waals surface area contributed by atoms with Gasteiger partial charge in [-0.1, -0.05) is 75.2 Å². The fraction of sp³-hybridized carbons (Fsp3) is 0.480. The number of hydrogen-bond acceptors (Lipinski definition) is 4. The van der Waals surface area contributed by atoms with Gasteiger partial charge >= 0.3 is 5.97 Å². The maximum atomic E-state index is 12.5. The highest BCUT2D eigenvalue weighted by Crippen LogP contribution is 2.20. The van der Waals surface area contributed by atoms with E-state index in [1.54, 1.807) is 12.1 Å². The second kappa shape index (κ2) is 13.9. The summed E-state index contributed by atoms with van der Waals surface area (Å²) in [7, 11) is 0. The van der Waals surface area contributed by atoms with Gasteiger partial charge in [0.15, 0.2) is 6.10 Å². The van der Waals surface area contributed by atoms with Crippen LogP contribution >= 0.6 is 0 Å². The van der Waals surface area contributed by atoms with Crippen molar-refractivity contribution in [2.45, 2.75) is 45.6 Å². The Morgan fingerprint density at radius 3 is 2.03 bits per heavy atom. The highest BCUT2D eigenvalue weighted by atomic mass is 16.6. The van der Waals surface area contributed by atoms with Gasteiger partial charge in [0, 0.05) is 6.54 Å². The number of esters is 1. The standard InChI is InChI=1S/C25H35NO3/c1-3-5-17-26(18-6-4-2)19-20-28-21-24(22-13-9-7-10-14-22)29-25(27)23-15-11-8-12-16-23/h7-16,24H,3-6,17-21H2,1-2H3. The summed E-state index contributed by atoms with van der Waals surface area (Å²) in [6, 6.07) is 18.9. The van der Waals surface area contributed by atoms with Gasteiger partial charge in [-0.2, -0.15) is 0 Å². The van der Waals surface area contributed by atoms with E-state index < -0.39 is 6.10 Å². The minimum atomic E-state index is -0.413. The van der Waals surface area contributed by atoms with Gasteiger partial charge in [0.2, 0.25) is 0 Å². The number of nitrogens with zero attached hydrogens (tertiary/aromatic N) is 1. The molecule has 0 saturated heterocycles. The summed E-state index contributed by atoms with van der Waals surface area (Å²) in [6.45, 7) is 8.59. The third kappa shape index (κ3) is 8.80. The fourth-order valence-corrected chi connectivity index (χ4v) is 3.12. The third-order valence-corrected chi connectivity index (χ3v) is 4.91. The highest BCUT2D eigenvalue weighted by molar-refractivity contribution is 5.89. The van der Waals surface area contributed by atoms with E-state index in [2.05, 4.69) is 18.7 Å². The average Bonchev–Trinajstić information content (AvgIpc) is 2.78. The Labute approximate surface area is 175 Å². The fourth-order valence-electron chi connectivity index (χ4n) is 3.12. The van der Waals surface area contributed by atoms with Gasteiger partial charge in [0.1, 0.15) is 0 Å². The Morgan fingerprint density at radius 2 is 1.45 bits per heavy atom. The summed E-state index contributed by atoms with van der Waals surface area (Å²) in [5.41, 5.74) is 1.50. The first-order chi connectivity index (χ1) is 14.2. The smallest absolute Gasteiger partial charge is 0.338 e. The third-order valence-electron chi connectivity index (χ3n) is 4.91. The van der Waals surface area contributed by atoms with Crippen molar-refractivity contribution in [1.29, 1.82) is 0 Å². The highest BCUT2D eigenvalue weighted by Gasteiger charge is 2.18. The van der Waals surface area contributed by atoms with Gasteiger partial charge in [-0.3, -0.25) is 0 Å². The number of benzene rings is 2. The molecule has 0 N–H and O–H groups in total. The molecule has 0 aliphatic rings. The van der Waals surface area contributed by atoms with E-state index in [1.807, 2.05) is 48.5 Å². The minimum absolute atomic E-state index is 0.324. The van der Waals surface area contributed by atoms with Crippen LogP contribution in [0.3, 0.4) is 0 Å². The normalized spacial score (nSPS) is 12.1. The van der Waals surface area contributed by atoms with Gasteiger partial charge in [-0.25, -0.2) is 4.79 Å². The van der Waals surface area contributed by atoms with Crippen molar-refractivity contribution in [1.82, 2.24) is 4.90 Å². The molecule has 0 aromatic heterocycles. The van der Waals surface area contributed by atoms with Crippen LogP contribution in [0.4, 0.5) is 0 Å². The second-order valence-electron chi connectivity index (χ2n) is 7.29. The summed E-state index contributed by atoms with van der Waals surface area (Å²) in [5, 5.41) is 0. The second-order valence-corrected chi connectivity index (χ2v) is 7.29. The summed E-state index contributed by atoms with van der Waals surface area (Å²) in [5.74, 6) is -0.324. The Kier molecular flexibility index (Phi) is 11.1. The van der Waals surface area contributed by atoms with Crippen LogP contribution < -0.4 is 0 Å². The first-order valence-electron chi connectivity index (χ1n) is 10.9. The Balaban J connectivity index is 1.89. The summed E-state index contributed by atoms with van der Waals surface area (Å²) < 4.78 is 11.7. The van der Waals surface area contributed by atoms with Gasteiger partial charge in [0.05, 0.1) is 18.8 Å². The first-order valence-corrected chi connectivity index (χ1v) is 10.9. The zero-order chi connectivity index (χ0) is 20.7. The molecule has 1 unspecified atom stereocenters. The van der Waals surface area contributed by atoms with Gasteiger partial charge in [-0.05, 0) is 43.6 Å². The van der Waals surface area contributed by atoms with Gasteiger partial charge in [0.25, 0.3) is 0 Å². The van der Waals surface area contributed by atoms with Crippen LogP contribution in [0, 0.1) is 0 Å². The molecule has 4 nitrogen and oxygen atoms in total. The van der Waals surface area contributed by atoms with Crippen LogP contribution in [0.15, 0.2) is 60.7 Å². The van der Waals surface area contributed by atoms with Gasteiger partial charge < -0.3 is 14.4 Å². The van der Waals surface area contributed by atoms with E-state index in [0.29, 0.717) is 18.8 Å². The molecular weight excluding hydrogens is 362 g/mol. The van der Waals surface area contributed by atoms with E-state index >= 15 is 0 Å². The molecule has 0 amide bonds. The molecule has 2 aromatic carbocycles. The molecule has 0 aliphatic heterocycles. The van der Waals surface area contributed by atoms with Crippen molar-refractivity contribution in [3.8, 4) is 0 Å². The van der Waals surface area contributed by atoms with Crippen molar-refractivity contribution in [3.63, 3.8) is 0 Å². The predicted molar refractivity (Wildman–Crippen MR) is 118 cm³/mol. The minimum Gasteiger partial charge on any atom is -0.451 e. The monoisotopic (exact) mass is 397 g/mol. The van der Waals surface area contributed by atoms with E-state index in [4.69, 9.17) is 9.47 Å². The number of carbonyl (C=O) groups is 1. The molecule has 29 heavy (non-hydrogen) atoms. The molecule has 0 fully saturated rings. The topological polar surface area (TPSA) is 38.8 Å². The summed E-state index contributed by atoms with van der Waals surface area (Å²) in [4.78, 5) is 15.0. The van der Waals surface area contributed by atoms with Crippen molar-refractivity contribution in [3.05, 3.63) is 71.8 Å². The van der Waals surface area contributed by atoms with Crippen LogP contribution in [-0.4, -0.2) is 43.7 Å². The summed E-state index contributed by atoms with van der Waals surface area (Å²) >= 11 is 0. The van der Waals surface area contributed by atoms with E-state index in [1.165, 1.54) is 25.7 Å². The molecule has 2 aromatic rings. The molecule has 158 valence electrons. The zero-order valence-corrected chi connectivity index (χ0v) is 17.9. The molecule has 0 radical (unpaired) electrons. The van der Waals surface area contributed by atoms with Crippen LogP contribution in [0.1, 0.15) is 61.6 Å². The van der Waals surface area contributed by atoms with Crippen molar-refractivity contribution < 1.29 is 14.3 Å². The van der Waals surface area contributed by atoms with E-state index in [-0.39, 0.29) is 5.97 Å². The number of carbonyl (C=O) groups excluding carboxylic acids is 1. The molecule has 0 spiro atoms. The summed E-state index contributed by atoms with van der Waals surface area (Å²) in [6.07, 6.45) is 4.42. The molecule has 2 rings (SSSR count). The number of rotatable bonds is 14. The lowest BCUT2D eigenvalue weighted by atomic mass is 10.1. The lowest BCUT2D eigenvalue weighted by molar-refractivity contribution is -0.00885. The zero-order valence-electron chi connectivity index (χ0n) is 17.9. The van der Waals surface area contributed by atoms with Crippen LogP contribution in [0.5, 0.6) is 0 Å². The van der Waals surface area contributed by atoms with Crippen LogP contribution in [0.25, 0.3) is 0 Å². The SMILES string of the molecule is CCCCN(CCCC)CCOCC(OC(=O)c1ccccc1)c1ccccc1. The van der Waals surface area contributed by atoms with Crippen LogP contribution in [-0.2, 0) is 9.47 Å². The average molecular weight is 398 g/mol. The lowest BCUT2D eigenvalue weighted by Gasteiger charge is -2.23. The van der Waals surface area contributed by atoms with E-state index in [0.717, 1.165) is 25.2 Å². The Morgan fingerprint density at radius 1 is 0.862 bits per heavy atom. The number of unbranched alkanes of at least 4 members (excludes halogenated alkanes) is 2. The molecule has 0 aliphatic carbocycles. The molecule has 0 saturated carbocycles. The molecular formula is C25H35NO3. The molecule has 0 heterocycles. The largest absolute Gasteiger partial charge is 0.451 e. The van der Waals surface area contributed by atoms with Crippen molar-refractivity contribution in [2.75, 3.05) is 32.8 Å². The quantitative estimate of drug-likeness (QED) is 0.311. The Bertz CT molecular complexity index is 667. The Hall–Kier alpha value is -2.17. The maximum absolute atomic E-state index is 12.5. The van der Waals surface area contributed by atoms with Gasteiger partial charge in [-0.15, -0.1) is 0 Å². The van der Waals surface area contributed by atoms with Crippen molar-refractivity contribution >= 4 is 5.97 Å². The maximum Gasteiger partial charge on any atom is 0.338 e.